The molecule has 2 aliphatic heterocycles. The molecule has 3 atom stereocenters. The molecular formula is C22H24F4N2. The zero-order valence-electron chi connectivity index (χ0n) is 15.8. The molecule has 2 aromatic rings. The first-order valence-electron chi connectivity index (χ1n) is 9.61. The van der Waals surface area contributed by atoms with Gasteiger partial charge in [-0.1, -0.05) is 36.4 Å². The van der Waals surface area contributed by atoms with Gasteiger partial charge in [0.25, 0.3) is 0 Å². The minimum Gasteiger partial charge on any atom is -0.299 e. The molecule has 0 saturated carbocycles. The molecule has 2 aromatic carbocycles. The maximum absolute atomic E-state index is 13.7. The molecule has 0 unspecified atom stereocenters. The Morgan fingerprint density at radius 3 is 2.36 bits per heavy atom. The van der Waals surface area contributed by atoms with E-state index in [1.54, 1.807) is 36.4 Å². The Kier molecular flexibility index (Phi) is 5.19. The molecule has 0 spiro atoms. The first-order valence-corrected chi connectivity index (χ1v) is 9.61. The average Bonchev–Trinajstić information content (AvgIpc) is 3.11. The molecule has 2 saturated heterocycles. The lowest BCUT2D eigenvalue weighted by Crippen LogP contribution is -2.29. The monoisotopic (exact) mass is 392 g/mol. The lowest BCUT2D eigenvalue weighted by atomic mass is 9.89. The average molecular weight is 392 g/mol. The lowest BCUT2D eigenvalue weighted by Gasteiger charge is -2.27. The van der Waals surface area contributed by atoms with Crippen molar-refractivity contribution in [2.24, 2.45) is 11.8 Å². The number of likely N-dealkylation sites (tertiary alicyclic amines) is 2. The van der Waals surface area contributed by atoms with Crippen molar-refractivity contribution in [1.82, 2.24) is 9.80 Å². The quantitative estimate of drug-likeness (QED) is 0.698. The van der Waals surface area contributed by atoms with E-state index in [1.807, 2.05) is 6.07 Å². The van der Waals surface area contributed by atoms with Gasteiger partial charge in [-0.2, -0.15) is 13.2 Å². The maximum Gasteiger partial charge on any atom is 0.393 e. The Morgan fingerprint density at radius 2 is 1.68 bits per heavy atom. The van der Waals surface area contributed by atoms with Crippen LogP contribution in [0.25, 0.3) is 0 Å². The Hall–Kier alpha value is -1.92. The van der Waals surface area contributed by atoms with Crippen LogP contribution in [-0.2, 0) is 13.0 Å². The van der Waals surface area contributed by atoms with Crippen molar-refractivity contribution in [3.8, 4) is 0 Å². The van der Waals surface area contributed by atoms with E-state index in [1.165, 1.54) is 6.07 Å². The third-order valence-electron chi connectivity index (χ3n) is 5.99. The molecule has 6 heteroatoms. The number of rotatable bonds is 4. The summed E-state index contributed by atoms with van der Waals surface area (Å²) < 4.78 is 51.2. The molecule has 4 rings (SSSR count). The molecular weight excluding hydrogens is 368 g/mol. The third kappa shape index (κ3) is 4.23. The number of fused-ring (bicyclic) bond motifs is 1. The van der Waals surface area contributed by atoms with Gasteiger partial charge >= 0.3 is 6.18 Å². The van der Waals surface area contributed by atoms with E-state index in [0.29, 0.717) is 17.4 Å². The van der Waals surface area contributed by atoms with Crippen LogP contribution in [0, 0.1) is 17.7 Å². The number of alkyl halides is 3. The Bertz CT molecular complexity index is 818. The number of halogens is 4. The predicted molar refractivity (Wildman–Crippen MR) is 100 cm³/mol. The minimum absolute atomic E-state index is 0.205. The maximum atomic E-state index is 13.7. The molecule has 0 bridgehead atoms. The normalized spacial score (nSPS) is 26.0. The topological polar surface area (TPSA) is 6.48 Å². The highest BCUT2D eigenvalue weighted by Gasteiger charge is 2.45. The van der Waals surface area contributed by atoms with Crippen LogP contribution in [0.5, 0.6) is 0 Å². The summed E-state index contributed by atoms with van der Waals surface area (Å²) in [6.07, 6.45) is -5.06. The SMILES string of the molecule is CN1C[C@H]2CN(Cc3ccc(CC(F)(F)F)cc3)C[C@H]2[C@@H]1c1cccc(F)c1. The molecule has 0 N–H and O–H groups in total. The van der Waals surface area contributed by atoms with Gasteiger partial charge in [-0.05, 0) is 47.7 Å². The molecule has 150 valence electrons. The highest BCUT2D eigenvalue weighted by molar-refractivity contribution is 5.25. The molecule has 0 aromatic heterocycles. The van der Waals surface area contributed by atoms with E-state index in [-0.39, 0.29) is 11.9 Å². The summed E-state index contributed by atoms with van der Waals surface area (Å²) in [5.74, 6) is 0.766. The van der Waals surface area contributed by atoms with Gasteiger partial charge in [0.15, 0.2) is 0 Å². The molecule has 2 fully saturated rings. The smallest absolute Gasteiger partial charge is 0.299 e. The summed E-state index contributed by atoms with van der Waals surface area (Å²) in [6, 6.07) is 13.8. The Morgan fingerprint density at radius 1 is 0.964 bits per heavy atom. The minimum atomic E-state index is -4.17. The summed E-state index contributed by atoms with van der Waals surface area (Å²) in [5, 5.41) is 0. The van der Waals surface area contributed by atoms with Crippen LogP contribution in [-0.4, -0.2) is 42.7 Å². The summed E-state index contributed by atoms with van der Waals surface area (Å²) in [6.45, 7) is 3.59. The molecule has 0 radical (unpaired) electrons. The van der Waals surface area contributed by atoms with Crippen molar-refractivity contribution in [2.75, 3.05) is 26.7 Å². The van der Waals surface area contributed by atoms with Gasteiger partial charge in [0.2, 0.25) is 0 Å². The molecule has 2 aliphatic rings. The second-order valence-electron chi connectivity index (χ2n) is 8.17. The second-order valence-corrected chi connectivity index (χ2v) is 8.17. The van der Waals surface area contributed by atoms with Gasteiger partial charge < -0.3 is 0 Å². The summed E-state index contributed by atoms with van der Waals surface area (Å²) >= 11 is 0. The zero-order chi connectivity index (χ0) is 19.9. The van der Waals surface area contributed by atoms with Crippen molar-refractivity contribution >= 4 is 0 Å². The van der Waals surface area contributed by atoms with Crippen LogP contribution >= 0.6 is 0 Å². The van der Waals surface area contributed by atoms with Crippen LogP contribution in [0.2, 0.25) is 0 Å². The summed E-state index contributed by atoms with van der Waals surface area (Å²) in [5.41, 5.74) is 2.34. The highest BCUT2D eigenvalue weighted by Crippen LogP contribution is 2.44. The largest absolute Gasteiger partial charge is 0.393 e. The molecule has 0 amide bonds. The molecule has 0 aliphatic carbocycles. The molecule has 28 heavy (non-hydrogen) atoms. The van der Waals surface area contributed by atoms with E-state index >= 15 is 0 Å². The number of benzene rings is 2. The molecule has 2 heterocycles. The van der Waals surface area contributed by atoms with Gasteiger partial charge in [0.05, 0.1) is 6.42 Å². The number of hydrogen-bond acceptors (Lipinski definition) is 2. The standard InChI is InChI=1S/C22H24F4N2/c1-27-12-18-13-28(11-16-7-5-15(6-8-16)10-22(24,25)26)14-20(18)21(27)17-3-2-4-19(23)9-17/h2-9,18,20-21H,10-14H2,1H3/t18-,20+,21-/m0/s1. The van der Waals surface area contributed by atoms with Gasteiger partial charge in [-0.3, -0.25) is 9.80 Å². The van der Waals surface area contributed by atoms with Crippen molar-refractivity contribution in [3.63, 3.8) is 0 Å². The van der Waals surface area contributed by atoms with Gasteiger partial charge in [0.1, 0.15) is 5.82 Å². The van der Waals surface area contributed by atoms with E-state index in [9.17, 15) is 17.6 Å². The summed E-state index contributed by atoms with van der Waals surface area (Å²) in [7, 11) is 2.09. The fourth-order valence-electron chi connectivity index (χ4n) is 4.92. The van der Waals surface area contributed by atoms with Crippen molar-refractivity contribution in [3.05, 3.63) is 71.0 Å². The number of hydrogen-bond donors (Lipinski definition) is 0. The Labute approximate surface area is 162 Å². The van der Waals surface area contributed by atoms with Crippen molar-refractivity contribution in [1.29, 1.82) is 0 Å². The van der Waals surface area contributed by atoms with E-state index in [4.69, 9.17) is 0 Å². The fraction of sp³-hybridized carbons (Fsp3) is 0.455. The first kappa shape index (κ1) is 19.4. The van der Waals surface area contributed by atoms with Crippen LogP contribution in [0.1, 0.15) is 22.7 Å². The second kappa shape index (κ2) is 7.48. The number of nitrogens with zero attached hydrogens (tertiary/aromatic N) is 2. The summed E-state index contributed by atoms with van der Waals surface area (Å²) in [4.78, 5) is 4.68. The van der Waals surface area contributed by atoms with Crippen LogP contribution in [0.3, 0.4) is 0 Å². The van der Waals surface area contributed by atoms with Gasteiger partial charge in [0, 0.05) is 32.2 Å². The van der Waals surface area contributed by atoms with Crippen molar-refractivity contribution < 1.29 is 17.6 Å². The molecule has 2 nitrogen and oxygen atoms in total. The Balaban J connectivity index is 1.41. The predicted octanol–water partition coefficient (Wildman–Crippen LogP) is 4.67. The van der Waals surface area contributed by atoms with Gasteiger partial charge in [-0.15, -0.1) is 0 Å². The van der Waals surface area contributed by atoms with Crippen LogP contribution < -0.4 is 0 Å². The van der Waals surface area contributed by atoms with Gasteiger partial charge in [-0.25, -0.2) is 4.39 Å². The van der Waals surface area contributed by atoms with Crippen LogP contribution in [0.4, 0.5) is 17.6 Å². The van der Waals surface area contributed by atoms with E-state index in [2.05, 4.69) is 16.8 Å². The van der Waals surface area contributed by atoms with E-state index in [0.717, 1.165) is 37.3 Å². The zero-order valence-corrected chi connectivity index (χ0v) is 15.8. The fourth-order valence-corrected chi connectivity index (χ4v) is 4.92. The third-order valence-corrected chi connectivity index (χ3v) is 5.99. The first-order chi connectivity index (χ1) is 13.3. The van der Waals surface area contributed by atoms with Crippen LogP contribution in [0.15, 0.2) is 48.5 Å². The highest BCUT2D eigenvalue weighted by atomic mass is 19.4. The van der Waals surface area contributed by atoms with Crippen molar-refractivity contribution in [2.45, 2.75) is 25.2 Å². The lowest BCUT2D eigenvalue weighted by molar-refractivity contribution is -0.127. The van der Waals surface area contributed by atoms with E-state index < -0.39 is 12.6 Å².